The molecule has 0 atom stereocenters. The number of nitrogens with one attached hydrogen (secondary N) is 1. The van der Waals surface area contributed by atoms with Crippen molar-refractivity contribution in [3.8, 4) is 5.75 Å². The lowest BCUT2D eigenvalue weighted by atomic mass is 10.3. The predicted molar refractivity (Wildman–Crippen MR) is 75.6 cm³/mol. The summed E-state index contributed by atoms with van der Waals surface area (Å²) in [6, 6.07) is 2.89. The number of nitrogens with zero attached hydrogens (tertiary/aromatic N) is 2. The van der Waals surface area contributed by atoms with Crippen molar-refractivity contribution in [2.24, 2.45) is 0 Å². The Morgan fingerprint density at radius 3 is 2.76 bits per heavy atom. The molecule has 2 N–H and O–H groups in total. The number of phenolic OH excluding ortho intramolecular Hbond substituents is 1. The highest BCUT2D eigenvalue weighted by molar-refractivity contribution is 7.89. The van der Waals surface area contributed by atoms with Crippen LogP contribution in [0, 0.1) is 17.0 Å². The summed E-state index contributed by atoms with van der Waals surface area (Å²) in [5.74, 6) is -0.586. The lowest BCUT2D eigenvalue weighted by Gasteiger charge is -2.06. The van der Waals surface area contributed by atoms with Crippen molar-refractivity contribution in [1.82, 2.24) is 9.71 Å². The molecule has 8 nitrogen and oxygen atoms in total. The van der Waals surface area contributed by atoms with Crippen LogP contribution in [0.4, 0.5) is 5.69 Å². The molecule has 0 radical (unpaired) electrons. The summed E-state index contributed by atoms with van der Waals surface area (Å²) in [6.07, 6.45) is 0. The van der Waals surface area contributed by atoms with Crippen LogP contribution in [0.15, 0.2) is 28.6 Å². The third-order valence-corrected chi connectivity index (χ3v) is 5.06. The average molecular weight is 329 g/mol. The lowest BCUT2D eigenvalue weighted by Crippen LogP contribution is -2.23. The Labute approximate surface area is 124 Å². The topological polar surface area (TPSA) is 122 Å². The van der Waals surface area contributed by atoms with E-state index in [1.165, 1.54) is 11.3 Å². The van der Waals surface area contributed by atoms with E-state index in [9.17, 15) is 23.6 Å². The molecular formula is C11H11N3O5S2. The monoisotopic (exact) mass is 329 g/mol. The second kappa shape index (κ2) is 5.76. The third kappa shape index (κ3) is 3.35. The number of aromatic hydroxyl groups is 1. The van der Waals surface area contributed by atoms with Crippen molar-refractivity contribution in [3.63, 3.8) is 0 Å². The first-order valence-corrected chi connectivity index (χ1v) is 8.03. The SMILES string of the molecule is Cc1ncsc1CNS(=O)(=O)c1ccc(O)c([N+](=O)[O-])c1. The Morgan fingerprint density at radius 1 is 1.48 bits per heavy atom. The van der Waals surface area contributed by atoms with Gasteiger partial charge in [-0.25, -0.2) is 18.1 Å². The summed E-state index contributed by atoms with van der Waals surface area (Å²) in [7, 11) is -3.91. The number of rotatable bonds is 5. The van der Waals surface area contributed by atoms with E-state index in [1.807, 2.05) is 0 Å². The molecule has 112 valence electrons. The molecule has 0 bridgehead atoms. The Balaban J connectivity index is 2.26. The number of nitro groups is 1. The molecule has 0 unspecified atom stereocenters. The van der Waals surface area contributed by atoms with Gasteiger partial charge >= 0.3 is 5.69 Å². The fourth-order valence-electron chi connectivity index (χ4n) is 1.56. The maximum Gasteiger partial charge on any atom is 0.312 e. The minimum Gasteiger partial charge on any atom is -0.502 e. The molecule has 10 heteroatoms. The highest BCUT2D eigenvalue weighted by atomic mass is 32.2. The molecule has 0 fully saturated rings. The number of benzene rings is 1. The highest BCUT2D eigenvalue weighted by Gasteiger charge is 2.21. The van der Waals surface area contributed by atoms with Crippen LogP contribution in [0.5, 0.6) is 5.75 Å². The molecule has 0 amide bonds. The van der Waals surface area contributed by atoms with Crippen molar-refractivity contribution in [2.45, 2.75) is 18.4 Å². The quantitative estimate of drug-likeness (QED) is 0.633. The Morgan fingerprint density at radius 2 is 2.19 bits per heavy atom. The lowest BCUT2D eigenvalue weighted by molar-refractivity contribution is -0.386. The van der Waals surface area contributed by atoms with Crippen LogP contribution in [0.25, 0.3) is 0 Å². The van der Waals surface area contributed by atoms with Crippen LogP contribution in [0.1, 0.15) is 10.6 Å². The number of hydrogen-bond acceptors (Lipinski definition) is 7. The molecule has 1 heterocycles. The minimum atomic E-state index is -3.91. The number of aromatic nitrogens is 1. The zero-order chi connectivity index (χ0) is 15.6. The maximum absolute atomic E-state index is 12.1. The van der Waals surface area contributed by atoms with Gasteiger partial charge in [-0.3, -0.25) is 10.1 Å². The highest BCUT2D eigenvalue weighted by Crippen LogP contribution is 2.28. The molecule has 0 saturated heterocycles. The van der Waals surface area contributed by atoms with Crippen LogP contribution in [0.3, 0.4) is 0 Å². The predicted octanol–water partition coefficient (Wildman–Crippen LogP) is 1.54. The standard InChI is InChI=1S/C11H11N3O5S2/c1-7-11(20-6-12-7)5-13-21(18,19)8-2-3-10(15)9(4-8)14(16)17/h2-4,6,13,15H,5H2,1H3. The minimum absolute atomic E-state index is 0.0491. The van der Waals surface area contributed by atoms with Gasteiger partial charge in [-0.15, -0.1) is 11.3 Å². The van der Waals surface area contributed by atoms with E-state index in [1.54, 1.807) is 12.4 Å². The zero-order valence-corrected chi connectivity index (χ0v) is 12.4. The van der Waals surface area contributed by atoms with Gasteiger partial charge in [-0.2, -0.15) is 0 Å². The van der Waals surface area contributed by atoms with E-state index in [0.717, 1.165) is 28.8 Å². The summed E-state index contributed by atoms with van der Waals surface area (Å²) in [6.45, 7) is 1.80. The van der Waals surface area contributed by atoms with E-state index >= 15 is 0 Å². The van der Waals surface area contributed by atoms with E-state index < -0.39 is 26.4 Å². The maximum atomic E-state index is 12.1. The Bertz CT molecular complexity index is 785. The van der Waals surface area contributed by atoms with Gasteiger partial charge in [0.1, 0.15) is 0 Å². The molecular weight excluding hydrogens is 318 g/mol. The largest absolute Gasteiger partial charge is 0.502 e. The fourth-order valence-corrected chi connectivity index (χ4v) is 3.38. The van der Waals surface area contributed by atoms with E-state index in [-0.39, 0.29) is 11.4 Å². The summed E-state index contributed by atoms with van der Waals surface area (Å²) in [5, 5.41) is 20.0. The van der Waals surface area contributed by atoms with Crippen LogP contribution >= 0.6 is 11.3 Å². The fraction of sp³-hybridized carbons (Fsp3) is 0.182. The van der Waals surface area contributed by atoms with Gasteiger partial charge in [0.15, 0.2) is 5.75 Å². The van der Waals surface area contributed by atoms with Gasteiger partial charge < -0.3 is 5.11 Å². The molecule has 2 aromatic rings. The van der Waals surface area contributed by atoms with Crippen molar-refractivity contribution in [2.75, 3.05) is 0 Å². The Hall–Kier alpha value is -2.04. The molecule has 0 aliphatic carbocycles. The molecule has 0 saturated carbocycles. The summed E-state index contributed by atoms with van der Waals surface area (Å²) in [4.78, 5) is 14.3. The smallest absolute Gasteiger partial charge is 0.312 e. The van der Waals surface area contributed by atoms with Crippen molar-refractivity contribution < 1.29 is 18.4 Å². The van der Waals surface area contributed by atoms with Gasteiger partial charge in [0.05, 0.1) is 21.0 Å². The molecule has 0 aliphatic rings. The van der Waals surface area contributed by atoms with Crippen LogP contribution in [0.2, 0.25) is 0 Å². The van der Waals surface area contributed by atoms with Gasteiger partial charge in [0.2, 0.25) is 10.0 Å². The van der Waals surface area contributed by atoms with Crippen LogP contribution in [-0.4, -0.2) is 23.4 Å². The average Bonchev–Trinajstić information content (AvgIpc) is 2.82. The number of sulfonamides is 1. The van der Waals surface area contributed by atoms with E-state index in [0.29, 0.717) is 0 Å². The van der Waals surface area contributed by atoms with Crippen molar-refractivity contribution >= 4 is 27.0 Å². The molecule has 0 aliphatic heterocycles. The van der Waals surface area contributed by atoms with Crippen LogP contribution in [-0.2, 0) is 16.6 Å². The summed E-state index contributed by atoms with van der Waals surface area (Å²) >= 11 is 1.31. The van der Waals surface area contributed by atoms with Gasteiger partial charge in [0, 0.05) is 17.5 Å². The molecule has 0 spiro atoms. The molecule has 1 aromatic heterocycles. The Kier molecular flexibility index (Phi) is 4.21. The second-order valence-electron chi connectivity index (χ2n) is 4.09. The van der Waals surface area contributed by atoms with Gasteiger partial charge in [-0.1, -0.05) is 0 Å². The number of phenols is 1. The molecule has 2 rings (SSSR count). The van der Waals surface area contributed by atoms with Gasteiger partial charge in [0.25, 0.3) is 0 Å². The number of hydrogen-bond donors (Lipinski definition) is 2. The zero-order valence-electron chi connectivity index (χ0n) is 10.8. The van der Waals surface area contributed by atoms with Crippen LogP contribution < -0.4 is 4.72 Å². The summed E-state index contributed by atoms with van der Waals surface area (Å²) in [5.41, 5.74) is 1.66. The van der Waals surface area contributed by atoms with E-state index in [4.69, 9.17) is 0 Å². The normalized spacial score (nSPS) is 11.5. The number of nitro benzene ring substituents is 1. The second-order valence-corrected chi connectivity index (χ2v) is 6.80. The first-order valence-electron chi connectivity index (χ1n) is 5.67. The third-order valence-electron chi connectivity index (χ3n) is 2.72. The first kappa shape index (κ1) is 15.4. The molecule has 1 aromatic carbocycles. The van der Waals surface area contributed by atoms with E-state index in [2.05, 4.69) is 9.71 Å². The number of aryl methyl sites for hydroxylation is 1. The van der Waals surface area contributed by atoms with Crippen molar-refractivity contribution in [3.05, 3.63) is 44.4 Å². The van der Waals surface area contributed by atoms with Crippen molar-refractivity contribution in [1.29, 1.82) is 0 Å². The number of thiazole rings is 1. The van der Waals surface area contributed by atoms with Gasteiger partial charge in [-0.05, 0) is 19.1 Å². The molecule has 21 heavy (non-hydrogen) atoms. The first-order chi connectivity index (χ1) is 9.81. The summed E-state index contributed by atoms with van der Waals surface area (Å²) < 4.78 is 26.5.